The summed E-state index contributed by atoms with van der Waals surface area (Å²) >= 11 is 9.45. The Hall–Kier alpha value is -1.33. The van der Waals surface area contributed by atoms with Gasteiger partial charge in [0.2, 0.25) is 5.95 Å². The van der Waals surface area contributed by atoms with Crippen molar-refractivity contribution in [3.8, 4) is 0 Å². The van der Waals surface area contributed by atoms with Gasteiger partial charge in [0.1, 0.15) is 5.82 Å². The number of hydrogen-bond donors (Lipinski definition) is 2. The van der Waals surface area contributed by atoms with E-state index in [4.69, 9.17) is 17.3 Å². The van der Waals surface area contributed by atoms with E-state index in [-0.39, 0.29) is 5.95 Å². The molecule has 0 unspecified atom stereocenters. The smallest absolute Gasteiger partial charge is 0.221 e. The summed E-state index contributed by atoms with van der Waals surface area (Å²) in [6, 6.07) is 5.57. The molecule has 1 heterocycles. The van der Waals surface area contributed by atoms with Crippen LogP contribution >= 0.6 is 27.5 Å². The maximum absolute atomic E-state index is 6.10. The molecule has 1 aromatic heterocycles. The third kappa shape index (κ3) is 2.87. The molecule has 0 saturated carbocycles. The highest BCUT2D eigenvalue weighted by atomic mass is 79.9. The summed E-state index contributed by atoms with van der Waals surface area (Å²) in [5.41, 5.74) is 7.22. The van der Waals surface area contributed by atoms with Crippen LogP contribution in [0.5, 0.6) is 0 Å². The van der Waals surface area contributed by atoms with Gasteiger partial charge in [-0.25, -0.2) is 4.98 Å². The first-order chi connectivity index (χ1) is 8.06. The zero-order chi connectivity index (χ0) is 12.4. The van der Waals surface area contributed by atoms with E-state index in [1.165, 1.54) is 0 Å². The maximum atomic E-state index is 6.10. The van der Waals surface area contributed by atoms with Crippen molar-refractivity contribution >= 4 is 45.0 Å². The maximum Gasteiger partial charge on any atom is 0.221 e. The molecule has 88 valence electrons. The van der Waals surface area contributed by atoms with Gasteiger partial charge in [0.25, 0.3) is 0 Å². The van der Waals surface area contributed by atoms with Crippen LogP contribution in [0.15, 0.2) is 28.9 Å². The lowest BCUT2D eigenvalue weighted by Crippen LogP contribution is -2.02. The molecule has 0 saturated heterocycles. The number of anilines is 3. The monoisotopic (exact) mass is 312 g/mol. The molecule has 2 rings (SSSR count). The highest BCUT2D eigenvalue weighted by Crippen LogP contribution is 2.28. The predicted molar refractivity (Wildman–Crippen MR) is 73.6 cm³/mol. The molecule has 0 aliphatic rings. The fraction of sp³-hybridized carbons (Fsp3) is 0.0909. The van der Waals surface area contributed by atoms with Crippen LogP contribution in [0, 0.1) is 6.92 Å². The number of aryl methyl sites for hydroxylation is 1. The van der Waals surface area contributed by atoms with Gasteiger partial charge >= 0.3 is 0 Å². The molecular formula is C11H10BrClN4. The SMILES string of the molecule is Cc1cnc(N)nc1Nc1ccc(Br)cc1Cl. The summed E-state index contributed by atoms with van der Waals surface area (Å²) in [4.78, 5) is 8.02. The second-order valence-electron chi connectivity index (χ2n) is 3.51. The van der Waals surface area contributed by atoms with Gasteiger partial charge in [-0.05, 0) is 25.1 Å². The summed E-state index contributed by atoms with van der Waals surface area (Å²) in [5.74, 6) is 0.882. The van der Waals surface area contributed by atoms with Gasteiger partial charge in [-0.1, -0.05) is 27.5 Å². The first kappa shape index (κ1) is 12.1. The van der Waals surface area contributed by atoms with Crippen molar-refractivity contribution in [2.75, 3.05) is 11.1 Å². The van der Waals surface area contributed by atoms with Crippen molar-refractivity contribution in [2.45, 2.75) is 6.92 Å². The number of aromatic nitrogens is 2. The van der Waals surface area contributed by atoms with Gasteiger partial charge in [-0.3, -0.25) is 0 Å². The number of nitrogens with zero attached hydrogens (tertiary/aromatic N) is 2. The first-order valence-corrected chi connectivity index (χ1v) is 6.04. The molecular weight excluding hydrogens is 304 g/mol. The number of nitrogens with one attached hydrogen (secondary N) is 1. The second kappa shape index (κ2) is 4.89. The summed E-state index contributed by atoms with van der Waals surface area (Å²) < 4.78 is 0.923. The number of rotatable bonds is 2. The van der Waals surface area contributed by atoms with Crippen molar-refractivity contribution in [1.82, 2.24) is 9.97 Å². The zero-order valence-electron chi connectivity index (χ0n) is 9.04. The number of nitrogen functional groups attached to an aromatic ring is 1. The highest BCUT2D eigenvalue weighted by molar-refractivity contribution is 9.10. The lowest BCUT2D eigenvalue weighted by molar-refractivity contribution is 1.15. The van der Waals surface area contributed by atoms with Crippen LogP contribution in [0.3, 0.4) is 0 Å². The largest absolute Gasteiger partial charge is 0.368 e. The zero-order valence-corrected chi connectivity index (χ0v) is 11.4. The van der Waals surface area contributed by atoms with Crippen molar-refractivity contribution in [2.24, 2.45) is 0 Å². The predicted octanol–water partition coefficient (Wildman–Crippen LogP) is 3.53. The Bertz CT molecular complexity index is 559. The lowest BCUT2D eigenvalue weighted by atomic mass is 10.3. The average molecular weight is 314 g/mol. The average Bonchev–Trinajstić information content (AvgIpc) is 2.27. The van der Waals surface area contributed by atoms with Crippen LogP contribution in [0.25, 0.3) is 0 Å². The Morgan fingerprint density at radius 3 is 2.88 bits per heavy atom. The van der Waals surface area contributed by atoms with E-state index in [1.807, 2.05) is 25.1 Å². The quantitative estimate of drug-likeness (QED) is 0.890. The van der Waals surface area contributed by atoms with E-state index in [2.05, 4.69) is 31.2 Å². The standard InChI is InChI=1S/C11H10BrClN4/c1-6-5-15-11(14)17-10(6)16-9-3-2-7(12)4-8(9)13/h2-5H,1H3,(H3,14,15,16,17). The molecule has 0 bridgehead atoms. The Balaban J connectivity index is 2.34. The van der Waals surface area contributed by atoms with Crippen LogP contribution in [0.2, 0.25) is 5.02 Å². The van der Waals surface area contributed by atoms with Crippen molar-refractivity contribution in [3.05, 3.63) is 39.5 Å². The summed E-state index contributed by atoms with van der Waals surface area (Å²) in [6.45, 7) is 1.90. The Morgan fingerprint density at radius 2 is 2.18 bits per heavy atom. The van der Waals surface area contributed by atoms with E-state index in [0.717, 1.165) is 15.7 Å². The third-order valence-electron chi connectivity index (χ3n) is 2.17. The topological polar surface area (TPSA) is 63.8 Å². The third-order valence-corrected chi connectivity index (χ3v) is 2.98. The number of nitrogens with two attached hydrogens (primary N) is 1. The minimum Gasteiger partial charge on any atom is -0.368 e. The van der Waals surface area contributed by atoms with Crippen LogP contribution in [-0.2, 0) is 0 Å². The van der Waals surface area contributed by atoms with Crippen LogP contribution in [0.1, 0.15) is 5.56 Å². The molecule has 1 aromatic carbocycles. The van der Waals surface area contributed by atoms with E-state index < -0.39 is 0 Å². The Morgan fingerprint density at radius 1 is 1.41 bits per heavy atom. The van der Waals surface area contributed by atoms with E-state index in [9.17, 15) is 0 Å². The molecule has 0 radical (unpaired) electrons. The summed E-state index contributed by atoms with van der Waals surface area (Å²) in [6.07, 6.45) is 1.66. The summed E-state index contributed by atoms with van der Waals surface area (Å²) in [5, 5.41) is 3.73. The number of halogens is 2. The normalized spacial score (nSPS) is 10.3. The molecule has 0 aliphatic heterocycles. The van der Waals surface area contributed by atoms with Crippen LogP contribution in [-0.4, -0.2) is 9.97 Å². The van der Waals surface area contributed by atoms with E-state index in [1.54, 1.807) is 6.20 Å². The van der Waals surface area contributed by atoms with Gasteiger partial charge in [-0.15, -0.1) is 0 Å². The molecule has 0 atom stereocenters. The van der Waals surface area contributed by atoms with Crippen molar-refractivity contribution < 1.29 is 0 Å². The Labute approximate surface area is 112 Å². The van der Waals surface area contributed by atoms with Crippen molar-refractivity contribution in [3.63, 3.8) is 0 Å². The molecule has 2 aromatic rings. The van der Waals surface area contributed by atoms with E-state index in [0.29, 0.717) is 10.8 Å². The summed E-state index contributed by atoms with van der Waals surface area (Å²) in [7, 11) is 0. The van der Waals surface area contributed by atoms with Gasteiger partial charge in [0.05, 0.1) is 10.7 Å². The molecule has 0 aliphatic carbocycles. The number of benzene rings is 1. The van der Waals surface area contributed by atoms with Gasteiger partial charge in [0, 0.05) is 16.2 Å². The van der Waals surface area contributed by atoms with Crippen molar-refractivity contribution in [1.29, 1.82) is 0 Å². The highest BCUT2D eigenvalue weighted by Gasteiger charge is 2.05. The molecule has 6 heteroatoms. The lowest BCUT2D eigenvalue weighted by Gasteiger charge is -2.10. The van der Waals surface area contributed by atoms with Crippen LogP contribution in [0.4, 0.5) is 17.5 Å². The van der Waals surface area contributed by atoms with Gasteiger partial charge < -0.3 is 11.1 Å². The Kier molecular flexibility index (Phi) is 3.49. The fourth-order valence-electron chi connectivity index (χ4n) is 1.30. The molecule has 4 nitrogen and oxygen atoms in total. The molecule has 0 fully saturated rings. The van der Waals surface area contributed by atoms with Gasteiger partial charge in [-0.2, -0.15) is 4.98 Å². The minimum absolute atomic E-state index is 0.228. The molecule has 17 heavy (non-hydrogen) atoms. The minimum atomic E-state index is 0.228. The van der Waals surface area contributed by atoms with Gasteiger partial charge in [0.15, 0.2) is 0 Å². The van der Waals surface area contributed by atoms with E-state index >= 15 is 0 Å². The fourth-order valence-corrected chi connectivity index (χ4v) is 2.02. The molecule has 3 N–H and O–H groups in total. The first-order valence-electron chi connectivity index (χ1n) is 4.87. The number of hydrogen-bond acceptors (Lipinski definition) is 4. The molecule has 0 spiro atoms. The van der Waals surface area contributed by atoms with Crippen LogP contribution < -0.4 is 11.1 Å². The second-order valence-corrected chi connectivity index (χ2v) is 4.83. The molecule has 0 amide bonds.